The fourth-order valence-corrected chi connectivity index (χ4v) is 8.26. The van der Waals surface area contributed by atoms with Gasteiger partial charge in [-0.25, -0.2) is 13.4 Å². The molecule has 0 radical (unpaired) electrons. The highest BCUT2D eigenvalue weighted by molar-refractivity contribution is 7.89. The van der Waals surface area contributed by atoms with Crippen LogP contribution in [0.25, 0.3) is 0 Å². The van der Waals surface area contributed by atoms with E-state index in [2.05, 4.69) is 18.8 Å². The zero-order valence-electron chi connectivity index (χ0n) is 11.9. The normalized spacial score (nSPS) is 41.1. The maximum absolute atomic E-state index is 12.7. The number of nitrogens with zero attached hydrogens (tertiary/aromatic N) is 2. The Morgan fingerprint density at radius 1 is 1.50 bits per heavy atom. The second-order valence-electron chi connectivity index (χ2n) is 7.09. The lowest BCUT2D eigenvalue weighted by Crippen LogP contribution is -2.41. The molecule has 1 saturated heterocycles. The quantitative estimate of drug-likeness (QED) is 0.843. The molecule has 3 aliphatic rings. The summed E-state index contributed by atoms with van der Waals surface area (Å²) in [7, 11) is -3.14. The van der Waals surface area contributed by atoms with Crippen molar-refractivity contribution in [3.63, 3.8) is 0 Å². The number of fused-ring (bicyclic) bond motifs is 1. The average molecular weight is 312 g/mol. The van der Waals surface area contributed by atoms with E-state index in [1.54, 1.807) is 21.8 Å². The van der Waals surface area contributed by atoms with Crippen molar-refractivity contribution < 1.29 is 8.42 Å². The standard InChI is InChI=1S/C14H20N2O2S2/c1-13(2)10-3-4-14(13)9-20(17,18)16(11(14)7-10)8-12-15-5-6-19-12/h5-6,10-11H,3-4,7-9H2,1-2H3/t10-,11+,14?/m1/s1. The molecule has 3 fully saturated rings. The zero-order valence-corrected chi connectivity index (χ0v) is 13.5. The first-order valence-corrected chi connectivity index (χ1v) is 9.74. The molecule has 110 valence electrons. The highest BCUT2D eigenvalue weighted by atomic mass is 32.2. The smallest absolute Gasteiger partial charge is 0.215 e. The third-order valence-electron chi connectivity index (χ3n) is 6.31. The van der Waals surface area contributed by atoms with Gasteiger partial charge in [-0.3, -0.25) is 0 Å². The molecule has 0 aromatic carbocycles. The van der Waals surface area contributed by atoms with Crippen molar-refractivity contribution >= 4 is 21.4 Å². The SMILES string of the molecule is CC1(C)[C@@H]2CCC13CS(=O)(=O)N(Cc1nccs1)[C@H]3C2. The lowest BCUT2D eigenvalue weighted by Gasteiger charge is -2.37. The van der Waals surface area contributed by atoms with Crippen LogP contribution in [-0.4, -0.2) is 29.5 Å². The Balaban J connectivity index is 1.75. The zero-order chi connectivity index (χ0) is 14.2. The average Bonchev–Trinajstić information content (AvgIpc) is 3.04. The van der Waals surface area contributed by atoms with Crippen LogP contribution in [0.5, 0.6) is 0 Å². The van der Waals surface area contributed by atoms with Crippen molar-refractivity contribution in [2.75, 3.05) is 5.75 Å². The molecule has 1 spiro atoms. The molecule has 1 unspecified atom stereocenters. The summed E-state index contributed by atoms with van der Waals surface area (Å²) in [6.45, 7) is 5.04. The van der Waals surface area contributed by atoms with Gasteiger partial charge in [0.1, 0.15) is 5.01 Å². The Bertz CT molecular complexity index is 638. The molecule has 2 bridgehead atoms. The van der Waals surface area contributed by atoms with Crippen molar-refractivity contribution in [1.29, 1.82) is 0 Å². The van der Waals surface area contributed by atoms with E-state index in [-0.39, 0.29) is 16.9 Å². The summed E-state index contributed by atoms with van der Waals surface area (Å²) in [5.41, 5.74) is 0.135. The molecule has 2 saturated carbocycles. The van der Waals surface area contributed by atoms with Crippen LogP contribution in [0, 0.1) is 16.7 Å². The monoisotopic (exact) mass is 312 g/mol. The molecule has 1 aromatic rings. The second-order valence-corrected chi connectivity index (χ2v) is 9.99. The number of hydrogen-bond acceptors (Lipinski definition) is 4. The van der Waals surface area contributed by atoms with Crippen molar-refractivity contribution in [3.05, 3.63) is 16.6 Å². The van der Waals surface area contributed by atoms with Gasteiger partial charge in [0.05, 0.1) is 12.3 Å². The fourth-order valence-electron chi connectivity index (χ4n) is 5.05. The predicted octanol–water partition coefficient (Wildman–Crippen LogP) is 2.48. The van der Waals surface area contributed by atoms with Gasteiger partial charge in [-0.2, -0.15) is 4.31 Å². The highest BCUT2D eigenvalue weighted by Gasteiger charge is 2.71. The van der Waals surface area contributed by atoms with E-state index >= 15 is 0 Å². The Hall–Kier alpha value is -0.460. The first-order chi connectivity index (χ1) is 9.37. The minimum Gasteiger partial charge on any atom is -0.248 e. The Morgan fingerprint density at radius 2 is 2.30 bits per heavy atom. The minimum atomic E-state index is -3.14. The molecular formula is C14H20N2O2S2. The van der Waals surface area contributed by atoms with Crippen molar-refractivity contribution in [2.24, 2.45) is 16.7 Å². The van der Waals surface area contributed by atoms with Crippen LogP contribution in [0.2, 0.25) is 0 Å². The van der Waals surface area contributed by atoms with Gasteiger partial charge in [-0.05, 0) is 30.6 Å². The maximum Gasteiger partial charge on any atom is 0.215 e. The van der Waals surface area contributed by atoms with Crippen molar-refractivity contribution in [2.45, 2.75) is 45.7 Å². The molecule has 4 nitrogen and oxygen atoms in total. The lowest BCUT2D eigenvalue weighted by molar-refractivity contribution is 0.112. The lowest BCUT2D eigenvalue weighted by atomic mass is 9.69. The fraction of sp³-hybridized carbons (Fsp3) is 0.786. The van der Waals surface area contributed by atoms with Gasteiger partial charge in [-0.15, -0.1) is 11.3 Å². The van der Waals surface area contributed by atoms with E-state index in [1.807, 2.05) is 5.38 Å². The summed E-state index contributed by atoms with van der Waals surface area (Å²) in [6, 6.07) is 0.199. The van der Waals surface area contributed by atoms with Gasteiger partial charge >= 0.3 is 0 Å². The first-order valence-electron chi connectivity index (χ1n) is 7.25. The number of rotatable bonds is 2. The predicted molar refractivity (Wildman–Crippen MR) is 78.8 cm³/mol. The first kappa shape index (κ1) is 13.2. The molecule has 20 heavy (non-hydrogen) atoms. The largest absolute Gasteiger partial charge is 0.248 e. The van der Waals surface area contributed by atoms with Crippen molar-refractivity contribution in [3.8, 4) is 0 Å². The van der Waals surface area contributed by atoms with E-state index < -0.39 is 10.0 Å². The number of aromatic nitrogens is 1. The number of hydrogen-bond donors (Lipinski definition) is 0. The van der Waals surface area contributed by atoms with Gasteiger partial charge in [0.15, 0.2) is 0 Å². The van der Waals surface area contributed by atoms with Crippen LogP contribution >= 0.6 is 11.3 Å². The Labute approximate surface area is 124 Å². The van der Waals surface area contributed by atoms with Crippen LogP contribution < -0.4 is 0 Å². The Kier molecular flexibility index (Phi) is 2.54. The van der Waals surface area contributed by atoms with Crippen LogP contribution in [0.4, 0.5) is 0 Å². The van der Waals surface area contributed by atoms with Gasteiger partial charge in [0.25, 0.3) is 0 Å². The van der Waals surface area contributed by atoms with Gasteiger partial charge < -0.3 is 0 Å². The molecule has 2 heterocycles. The van der Waals surface area contributed by atoms with E-state index in [0.29, 0.717) is 18.2 Å². The van der Waals surface area contributed by atoms with Crippen LogP contribution in [0.1, 0.15) is 38.1 Å². The van der Waals surface area contributed by atoms with Gasteiger partial charge in [0, 0.05) is 23.0 Å². The topological polar surface area (TPSA) is 50.3 Å². The van der Waals surface area contributed by atoms with E-state index in [0.717, 1.165) is 17.8 Å². The molecule has 0 N–H and O–H groups in total. The Morgan fingerprint density at radius 3 is 2.95 bits per heavy atom. The van der Waals surface area contributed by atoms with Gasteiger partial charge in [0.2, 0.25) is 10.0 Å². The molecule has 0 amide bonds. The molecule has 3 atom stereocenters. The summed E-state index contributed by atoms with van der Waals surface area (Å²) in [6.07, 6.45) is 5.06. The van der Waals surface area contributed by atoms with E-state index in [9.17, 15) is 8.42 Å². The van der Waals surface area contributed by atoms with Gasteiger partial charge in [-0.1, -0.05) is 13.8 Å². The summed E-state index contributed by atoms with van der Waals surface area (Å²) in [4.78, 5) is 4.27. The van der Waals surface area contributed by atoms with Crippen molar-refractivity contribution in [1.82, 2.24) is 9.29 Å². The van der Waals surface area contributed by atoms with Crippen LogP contribution in [0.15, 0.2) is 11.6 Å². The highest BCUT2D eigenvalue weighted by Crippen LogP contribution is 2.70. The molecular weight excluding hydrogens is 292 g/mol. The van der Waals surface area contributed by atoms with E-state index in [4.69, 9.17) is 0 Å². The summed E-state index contributed by atoms with van der Waals surface area (Å²) in [5.74, 6) is 1.03. The molecule has 1 aliphatic heterocycles. The molecule has 1 aromatic heterocycles. The summed E-state index contributed by atoms with van der Waals surface area (Å²) < 4.78 is 27.1. The molecule has 4 rings (SSSR count). The molecule has 6 heteroatoms. The number of thiazole rings is 1. The second kappa shape index (κ2) is 3.84. The van der Waals surface area contributed by atoms with Crippen LogP contribution in [0.3, 0.4) is 0 Å². The number of sulfonamides is 1. The summed E-state index contributed by atoms with van der Waals surface area (Å²) >= 11 is 1.55. The maximum atomic E-state index is 12.7. The third kappa shape index (κ3) is 1.45. The molecule has 2 aliphatic carbocycles. The summed E-state index contributed by atoms with van der Waals surface area (Å²) in [5, 5.41) is 2.82. The van der Waals surface area contributed by atoms with Crippen LogP contribution in [-0.2, 0) is 16.6 Å². The minimum absolute atomic E-state index is 0.0201. The van der Waals surface area contributed by atoms with E-state index in [1.165, 1.54) is 6.42 Å². The third-order valence-corrected chi connectivity index (χ3v) is 9.05.